The van der Waals surface area contributed by atoms with Crippen molar-refractivity contribution in [2.24, 2.45) is 5.16 Å². The fourth-order valence-electron chi connectivity index (χ4n) is 1.33. The first kappa shape index (κ1) is 10.9. The summed E-state index contributed by atoms with van der Waals surface area (Å²) in [7, 11) is 0. The van der Waals surface area contributed by atoms with E-state index in [1.54, 1.807) is 36.4 Å². The summed E-state index contributed by atoms with van der Waals surface area (Å²) in [6.07, 6.45) is 3.02. The molecular formula is C12H9N3O2. The molecule has 0 saturated carbocycles. The van der Waals surface area contributed by atoms with Crippen molar-refractivity contribution >= 4 is 11.5 Å². The minimum Gasteiger partial charge on any atom is -0.410 e. The van der Waals surface area contributed by atoms with Crippen molar-refractivity contribution < 1.29 is 10.0 Å². The summed E-state index contributed by atoms with van der Waals surface area (Å²) in [5, 5.41) is 11.9. The Morgan fingerprint density at radius 2 is 1.59 bits per heavy atom. The third-order valence-electron chi connectivity index (χ3n) is 2.12. The molecule has 0 unspecified atom stereocenters. The summed E-state index contributed by atoms with van der Waals surface area (Å²) < 4.78 is 0. The first-order chi connectivity index (χ1) is 8.33. The Morgan fingerprint density at radius 3 is 2.06 bits per heavy atom. The van der Waals surface area contributed by atoms with Gasteiger partial charge in [0, 0.05) is 12.4 Å². The molecule has 0 aliphatic heterocycles. The highest BCUT2D eigenvalue weighted by Crippen LogP contribution is 2.04. The normalized spacial score (nSPS) is 11.2. The molecule has 2 heterocycles. The summed E-state index contributed by atoms with van der Waals surface area (Å²) in [5.41, 5.74) is 0.404. The van der Waals surface area contributed by atoms with E-state index in [9.17, 15) is 4.79 Å². The van der Waals surface area contributed by atoms with Crippen LogP contribution in [0.5, 0.6) is 0 Å². The second-order valence-corrected chi connectivity index (χ2v) is 3.21. The van der Waals surface area contributed by atoms with Gasteiger partial charge in [-0.1, -0.05) is 17.3 Å². The number of carbonyl (C=O) groups excluding carboxylic acids is 1. The highest BCUT2D eigenvalue weighted by atomic mass is 16.4. The molecule has 0 aliphatic carbocycles. The lowest BCUT2D eigenvalue weighted by Gasteiger charge is -2.01. The van der Waals surface area contributed by atoms with Gasteiger partial charge in [0.1, 0.15) is 5.69 Å². The Balaban J connectivity index is 2.37. The second kappa shape index (κ2) is 4.98. The van der Waals surface area contributed by atoms with Crippen molar-refractivity contribution in [1.29, 1.82) is 0 Å². The number of ketones is 1. The molecule has 0 atom stereocenters. The lowest BCUT2D eigenvalue weighted by molar-refractivity contribution is 0.105. The highest BCUT2D eigenvalue weighted by molar-refractivity contribution is 6.50. The molecule has 2 aromatic heterocycles. The zero-order valence-corrected chi connectivity index (χ0v) is 8.82. The van der Waals surface area contributed by atoms with Gasteiger partial charge in [-0.15, -0.1) is 0 Å². The number of rotatable bonds is 3. The number of nitrogens with zero attached hydrogens (tertiary/aromatic N) is 3. The summed E-state index contributed by atoms with van der Waals surface area (Å²) in [6.45, 7) is 0. The van der Waals surface area contributed by atoms with E-state index in [2.05, 4.69) is 15.1 Å². The number of Topliss-reactive ketones (excluding diaryl/α,β-unsaturated/α-hetero) is 1. The van der Waals surface area contributed by atoms with Crippen LogP contribution in [0.4, 0.5) is 0 Å². The summed E-state index contributed by atoms with van der Waals surface area (Å²) in [4.78, 5) is 19.8. The average molecular weight is 227 g/mol. The number of oxime groups is 1. The molecule has 2 aromatic rings. The van der Waals surface area contributed by atoms with E-state index in [0.717, 1.165) is 0 Å². The van der Waals surface area contributed by atoms with Gasteiger partial charge in [0.25, 0.3) is 0 Å². The van der Waals surface area contributed by atoms with Crippen molar-refractivity contribution in [2.75, 3.05) is 0 Å². The number of aromatic nitrogens is 2. The van der Waals surface area contributed by atoms with Gasteiger partial charge < -0.3 is 5.21 Å². The van der Waals surface area contributed by atoms with Crippen LogP contribution in [0.15, 0.2) is 53.9 Å². The van der Waals surface area contributed by atoms with E-state index in [1.165, 1.54) is 12.4 Å². The Kier molecular flexibility index (Phi) is 3.20. The average Bonchev–Trinajstić information content (AvgIpc) is 2.42. The van der Waals surface area contributed by atoms with E-state index < -0.39 is 5.78 Å². The van der Waals surface area contributed by atoms with E-state index in [-0.39, 0.29) is 11.4 Å². The topological polar surface area (TPSA) is 75.4 Å². The van der Waals surface area contributed by atoms with Gasteiger partial charge in [-0.05, 0) is 24.3 Å². The molecule has 0 saturated heterocycles. The molecule has 0 aliphatic rings. The second-order valence-electron chi connectivity index (χ2n) is 3.21. The largest absolute Gasteiger partial charge is 0.410 e. The molecule has 84 valence electrons. The van der Waals surface area contributed by atoms with Crippen LogP contribution in [0, 0.1) is 0 Å². The summed E-state index contributed by atoms with van der Waals surface area (Å²) >= 11 is 0. The van der Waals surface area contributed by atoms with Crippen molar-refractivity contribution in [1.82, 2.24) is 9.97 Å². The number of hydrogen-bond donors (Lipinski definition) is 1. The minimum atomic E-state index is -0.466. The summed E-state index contributed by atoms with van der Waals surface area (Å²) in [6, 6.07) is 9.95. The maximum Gasteiger partial charge on any atom is 0.235 e. The van der Waals surface area contributed by atoms with Crippen molar-refractivity contribution in [2.45, 2.75) is 0 Å². The van der Waals surface area contributed by atoms with E-state index >= 15 is 0 Å². The lowest BCUT2D eigenvalue weighted by Crippen LogP contribution is -2.18. The summed E-state index contributed by atoms with van der Waals surface area (Å²) in [5.74, 6) is -0.466. The smallest absolute Gasteiger partial charge is 0.235 e. The molecule has 5 nitrogen and oxygen atoms in total. The van der Waals surface area contributed by atoms with E-state index in [4.69, 9.17) is 5.21 Å². The zero-order valence-electron chi connectivity index (χ0n) is 8.82. The van der Waals surface area contributed by atoms with Crippen LogP contribution in [0.2, 0.25) is 0 Å². The standard InChI is InChI=1S/C12H9N3O2/c16-12(10-6-2-4-8-14-10)11(15-17)9-5-1-3-7-13-9/h1-8,17H/b15-11-. The fraction of sp³-hybridized carbons (Fsp3) is 0. The highest BCUT2D eigenvalue weighted by Gasteiger charge is 2.18. The SMILES string of the molecule is O=C(/C(=N\O)c1ccccn1)c1ccccn1. The minimum absolute atomic E-state index is 0.121. The maximum absolute atomic E-state index is 12.0. The van der Waals surface area contributed by atoms with Gasteiger partial charge in [-0.2, -0.15) is 0 Å². The predicted molar refractivity (Wildman–Crippen MR) is 61.1 cm³/mol. The third kappa shape index (κ3) is 2.34. The number of hydrogen-bond acceptors (Lipinski definition) is 5. The molecule has 5 heteroatoms. The van der Waals surface area contributed by atoms with Gasteiger partial charge in [0.05, 0.1) is 5.69 Å². The van der Waals surface area contributed by atoms with Gasteiger partial charge >= 0.3 is 0 Å². The molecule has 0 spiro atoms. The Hall–Kier alpha value is -2.56. The van der Waals surface area contributed by atoms with Crippen LogP contribution in [0.3, 0.4) is 0 Å². The quantitative estimate of drug-likeness (QED) is 0.373. The van der Waals surface area contributed by atoms with Gasteiger partial charge in [0.15, 0.2) is 5.71 Å². The van der Waals surface area contributed by atoms with Gasteiger partial charge in [0.2, 0.25) is 5.78 Å². The molecule has 0 aromatic carbocycles. The Bertz CT molecular complexity index is 538. The molecular weight excluding hydrogens is 218 g/mol. The van der Waals surface area contributed by atoms with Gasteiger partial charge in [-0.25, -0.2) is 0 Å². The predicted octanol–water partition coefficient (Wildman–Crippen LogP) is 1.54. The van der Waals surface area contributed by atoms with E-state index in [1.807, 2.05) is 0 Å². The van der Waals surface area contributed by atoms with Crippen LogP contribution >= 0.6 is 0 Å². The van der Waals surface area contributed by atoms with Crippen LogP contribution < -0.4 is 0 Å². The molecule has 17 heavy (non-hydrogen) atoms. The maximum atomic E-state index is 12.0. The van der Waals surface area contributed by atoms with Crippen molar-refractivity contribution in [3.05, 3.63) is 60.2 Å². The number of pyridine rings is 2. The number of carbonyl (C=O) groups is 1. The molecule has 1 N–H and O–H groups in total. The molecule has 0 radical (unpaired) electrons. The molecule has 2 rings (SSSR count). The van der Waals surface area contributed by atoms with Crippen LogP contribution in [-0.2, 0) is 0 Å². The Labute approximate surface area is 97.5 Å². The molecule has 0 bridgehead atoms. The van der Waals surface area contributed by atoms with Crippen LogP contribution in [0.1, 0.15) is 16.2 Å². The first-order valence-electron chi connectivity index (χ1n) is 4.92. The van der Waals surface area contributed by atoms with Crippen LogP contribution in [-0.4, -0.2) is 26.7 Å². The Morgan fingerprint density at radius 1 is 1.00 bits per heavy atom. The van der Waals surface area contributed by atoms with E-state index in [0.29, 0.717) is 5.69 Å². The van der Waals surface area contributed by atoms with Crippen molar-refractivity contribution in [3.63, 3.8) is 0 Å². The molecule has 0 amide bonds. The van der Waals surface area contributed by atoms with Gasteiger partial charge in [-0.3, -0.25) is 14.8 Å². The third-order valence-corrected chi connectivity index (χ3v) is 2.12. The van der Waals surface area contributed by atoms with Crippen molar-refractivity contribution in [3.8, 4) is 0 Å². The molecule has 0 fully saturated rings. The fourth-order valence-corrected chi connectivity index (χ4v) is 1.33. The zero-order chi connectivity index (χ0) is 12.1. The lowest BCUT2D eigenvalue weighted by atomic mass is 10.1. The van der Waals surface area contributed by atoms with Crippen LogP contribution in [0.25, 0.3) is 0 Å². The monoisotopic (exact) mass is 227 g/mol. The first-order valence-corrected chi connectivity index (χ1v) is 4.92.